The standard InChI is InChI=1S/C21H18N6OS2/c1-3-26-15-9-4-5-10-16(15)29-19(26)17-18(28)27(14-8-6-7-13(2)11-14)21(30-17)24-20-22-12-23-25-20/h4-12H,3H2,1-2H3,(H,22,23,25)/b19-17-,24-21-. The lowest BCUT2D eigenvalue weighted by Crippen LogP contribution is -2.29. The number of fused-ring (bicyclic) bond motifs is 1. The number of aromatic nitrogens is 3. The molecule has 2 aromatic carbocycles. The maximum absolute atomic E-state index is 13.6. The fraction of sp³-hybridized carbons (Fsp3) is 0.143. The summed E-state index contributed by atoms with van der Waals surface area (Å²) in [6.07, 6.45) is 1.40. The van der Waals surface area contributed by atoms with Crippen molar-refractivity contribution in [1.29, 1.82) is 0 Å². The number of aromatic amines is 1. The summed E-state index contributed by atoms with van der Waals surface area (Å²) in [6.45, 7) is 4.87. The van der Waals surface area contributed by atoms with E-state index in [0.29, 0.717) is 16.0 Å². The first-order valence-corrected chi connectivity index (χ1v) is 11.1. The molecular formula is C21H18N6OS2. The van der Waals surface area contributed by atoms with Gasteiger partial charge in [-0.1, -0.05) is 36.0 Å². The fourth-order valence-electron chi connectivity index (χ4n) is 3.43. The largest absolute Gasteiger partial charge is 0.334 e. The molecule has 3 heterocycles. The number of rotatable bonds is 3. The van der Waals surface area contributed by atoms with Crippen LogP contribution in [0.15, 0.2) is 74.7 Å². The summed E-state index contributed by atoms with van der Waals surface area (Å²) in [5.41, 5.74) is 2.98. The average molecular weight is 435 g/mol. The predicted molar refractivity (Wildman–Crippen MR) is 122 cm³/mol. The number of nitrogens with one attached hydrogen (secondary N) is 1. The Morgan fingerprint density at radius 3 is 2.77 bits per heavy atom. The molecular weight excluding hydrogens is 416 g/mol. The highest BCUT2D eigenvalue weighted by molar-refractivity contribution is 8.20. The summed E-state index contributed by atoms with van der Waals surface area (Å²) >= 11 is 3.00. The van der Waals surface area contributed by atoms with E-state index in [2.05, 4.69) is 44.1 Å². The monoisotopic (exact) mass is 434 g/mol. The van der Waals surface area contributed by atoms with Crippen LogP contribution in [0.1, 0.15) is 12.5 Å². The molecule has 2 aliphatic rings. The highest BCUT2D eigenvalue weighted by Crippen LogP contribution is 2.51. The maximum atomic E-state index is 13.6. The van der Waals surface area contributed by atoms with Crippen molar-refractivity contribution >= 4 is 51.9 Å². The zero-order valence-corrected chi connectivity index (χ0v) is 18.0. The van der Waals surface area contributed by atoms with Crippen LogP contribution in [-0.4, -0.2) is 32.8 Å². The molecule has 0 saturated carbocycles. The van der Waals surface area contributed by atoms with E-state index < -0.39 is 0 Å². The minimum Gasteiger partial charge on any atom is -0.334 e. The van der Waals surface area contributed by atoms with E-state index in [-0.39, 0.29) is 5.91 Å². The SMILES string of the molecule is CCN1/C(=C2/S/C(=N\c3ncn[nH]3)N(c3cccc(C)c3)C2=O)Sc2ccccc21. The lowest BCUT2D eigenvalue weighted by Gasteiger charge is -2.19. The lowest BCUT2D eigenvalue weighted by molar-refractivity contribution is -0.113. The number of amidine groups is 1. The molecule has 3 aromatic rings. The van der Waals surface area contributed by atoms with Gasteiger partial charge in [0.2, 0.25) is 5.95 Å². The maximum Gasteiger partial charge on any atom is 0.274 e. The third kappa shape index (κ3) is 3.20. The first kappa shape index (κ1) is 19.0. The van der Waals surface area contributed by atoms with Gasteiger partial charge in [0.05, 0.1) is 11.4 Å². The van der Waals surface area contributed by atoms with Gasteiger partial charge in [0, 0.05) is 11.4 Å². The topological polar surface area (TPSA) is 77.5 Å². The number of hydrogen-bond donors (Lipinski definition) is 1. The molecule has 0 atom stereocenters. The number of carbonyl (C=O) groups is 1. The molecule has 7 nitrogen and oxygen atoms in total. The summed E-state index contributed by atoms with van der Waals surface area (Å²) in [5, 5.41) is 8.11. The van der Waals surface area contributed by atoms with E-state index in [0.717, 1.165) is 33.4 Å². The number of aryl methyl sites for hydroxylation is 1. The van der Waals surface area contributed by atoms with Gasteiger partial charge in [-0.15, -0.1) is 0 Å². The first-order chi connectivity index (χ1) is 14.7. The predicted octanol–water partition coefficient (Wildman–Crippen LogP) is 4.68. The van der Waals surface area contributed by atoms with Gasteiger partial charge in [0.15, 0.2) is 5.17 Å². The van der Waals surface area contributed by atoms with E-state index in [4.69, 9.17) is 0 Å². The zero-order chi connectivity index (χ0) is 20.7. The number of anilines is 2. The van der Waals surface area contributed by atoms with Crippen molar-refractivity contribution in [2.75, 3.05) is 16.3 Å². The van der Waals surface area contributed by atoms with E-state index in [1.807, 2.05) is 43.3 Å². The van der Waals surface area contributed by atoms with Crippen LogP contribution < -0.4 is 9.80 Å². The number of thioether (sulfide) groups is 2. The van der Waals surface area contributed by atoms with Crippen LogP contribution in [0.2, 0.25) is 0 Å². The van der Waals surface area contributed by atoms with Gasteiger partial charge >= 0.3 is 0 Å². The quantitative estimate of drug-likeness (QED) is 0.603. The van der Waals surface area contributed by atoms with Gasteiger partial charge in [0.25, 0.3) is 5.91 Å². The second-order valence-electron chi connectivity index (χ2n) is 6.73. The van der Waals surface area contributed by atoms with Crippen LogP contribution in [0, 0.1) is 6.92 Å². The number of amides is 1. The molecule has 0 aliphatic carbocycles. The number of nitrogens with zero attached hydrogens (tertiary/aromatic N) is 5. The van der Waals surface area contributed by atoms with Crippen molar-refractivity contribution in [3.63, 3.8) is 0 Å². The Hall–Kier alpha value is -3.04. The third-order valence-corrected chi connectivity index (χ3v) is 7.10. The third-order valence-electron chi connectivity index (χ3n) is 4.76. The van der Waals surface area contributed by atoms with Gasteiger partial charge in [-0.25, -0.2) is 5.10 Å². The van der Waals surface area contributed by atoms with Gasteiger partial charge in [-0.2, -0.15) is 15.1 Å². The van der Waals surface area contributed by atoms with E-state index in [9.17, 15) is 4.79 Å². The minimum atomic E-state index is -0.0855. The Balaban J connectivity index is 1.63. The van der Waals surface area contributed by atoms with Crippen LogP contribution in [0.4, 0.5) is 17.3 Å². The number of H-pyrrole nitrogens is 1. The van der Waals surface area contributed by atoms with Crippen molar-refractivity contribution in [3.8, 4) is 0 Å². The molecule has 5 rings (SSSR count). The van der Waals surface area contributed by atoms with Crippen LogP contribution in [0.25, 0.3) is 0 Å². The van der Waals surface area contributed by atoms with Crippen LogP contribution in [-0.2, 0) is 4.79 Å². The average Bonchev–Trinajstić information content (AvgIpc) is 3.45. The van der Waals surface area contributed by atoms with E-state index in [1.54, 1.807) is 16.7 Å². The molecule has 1 amide bonds. The molecule has 30 heavy (non-hydrogen) atoms. The van der Waals surface area contributed by atoms with Crippen LogP contribution in [0.5, 0.6) is 0 Å². The van der Waals surface area contributed by atoms with E-state index >= 15 is 0 Å². The second-order valence-corrected chi connectivity index (χ2v) is 8.74. The fourth-order valence-corrected chi connectivity index (χ4v) is 5.81. The van der Waals surface area contributed by atoms with Crippen molar-refractivity contribution < 1.29 is 4.79 Å². The number of carbonyl (C=O) groups excluding carboxylic acids is 1. The Morgan fingerprint density at radius 1 is 1.13 bits per heavy atom. The normalized spacial score (nSPS) is 19.8. The number of hydrogen-bond acceptors (Lipinski definition) is 7. The highest BCUT2D eigenvalue weighted by Gasteiger charge is 2.40. The van der Waals surface area contributed by atoms with Crippen molar-refractivity contribution in [3.05, 3.63) is 70.4 Å². The smallest absolute Gasteiger partial charge is 0.274 e. The summed E-state index contributed by atoms with van der Waals surface area (Å²) < 4.78 is 0. The van der Waals surface area contributed by atoms with Crippen LogP contribution in [0.3, 0.4) is 0 Å². The molecule has 0 spiro atoms. The highest BCUT2D eigenvalue weighted by atomic mass is 32.2. The summed E-state index contributed by atoms with van der Waals surface area (Å²) in [7, 11) is 0. The molecule has 1 aromatic heterocycles. The van der Waals surface area contributed by atoms with Crippen molar-refractivity contribution in [1.82, 2.24) is 15.2 Å². The molecule has 1 saturated heterocycles. The van der Waals surface area contributed by atoms with Crippen LogP contribution >= 0.6 is 23.5 Å². The summed E-state index contributed by atoms with van der Waals surface area (Å²) in [6, 6.07) is 16.1. The Labute approximate surface area is 182 Å². The molecule has 0 unspecified atom stereocenters. The van der Waals surface area contributed by atoms with Gasteiger partial charge in [-0.05, 0) is 55.4 Å². The minimum absolute atomic E-state index is 0.0855. The Morgan fingerprint density at radius 2 is 2.00 bits per heavy atom. The molecule has 150 valence electrons. The summed E-state index contributed by atoms with van der Waals surface area (Å²) in [4.78, 5) is 28.0. The number of para-hydroxylation sites is 1. The number of aliphatic imine (C=N–C) groups is 1. The summed E-state index contributed by atoms with van der Waals surface area (Å²) in [5.74, 6) is 0.279. The molecule has 9 heteroatoms. The lowest BCUT2D eigenvalue weighted by atomic mass is 10.2. The zero-order valence-electron chi connectivity index (χ0n) is 16.4. The second kappa shape index (κ2) is 7.66. The van der Waals surface area contributed by atoms with Gasteiger partial charge in [-0.3, -0.25) is 9.69 Å². The number of benzene rings is 2. The first-order valence-electron chi connectivity index (χ1n) is 9.47. The molecule has 2 aliphatic heterocycles. The molecule has 1 fully saturated rings. The van der Waals surface area contributed by atoms with E-state index in [1.165, 1.54) is 18.1 Å². The van der Waals surface area contributed by atoms with Gasteiger partial charge < -0.3 is 4.90 Å². The van der Waals surface area contributed by atoms with Gasteiger partial charge in [0.1, 0.15) is 16.3 Å². The molecule has 1 N–H and O–H groups in total. The Kier molecular flexibility index (Phi) is 4.84. The molecule has 0 radical (unpaired) electrons. The Bertz CT molecular complexity index is 1190. The molecule has 0 bridgehead atoms. The van der Waals surface area contributed by atoms with Crippen molar-refractivity contribution in [2.24, 2.45) is 4.99 Å². The van der Waals surface area contributed by atoms with Crippen molar-refractivity contribution in [2.45, 2.75) is 18.7 Å².